The summed E-state index contributed by atoms with van der Waals surface area (Å²) in [7, 11) is 1.64. The molecule has 1 aliphatic rings. The molecular formula is C26H42N4O5. The van der Waals surface area contributed by atoms with Crippen LogP contribution >= 0.6 is 0 Å². The summed E-state index contributed by atoms with van der Waals surface area (Å²) in [6, 6.07) is 7.28. The van der Waals surface area contributed by atoms with Gasteiger partial charge in [0.15, 0.2) is 0 Å². The number of carbonyl (C=O) groups excluding carboxylic acids is 3. The van der Waals surface area contributed by atoms with E-state index >= 15 is 0 Å². The van der Waals surface area contributed by atoms with Gasteiger partial charge >= 0.3 is 0 Å². The summed E-state index contributed by atoms with van der Waals surface area (Å²) in [5, 5.41) is 13.1. The minimum atomic E-state index is -0.720. The van der Waals surface area contributed by atoms with Crippen molar-refractivity contribution in [1.82, 2.24) is 15.3 Å². The number of amides is 3. The third kappa shape index (κ3) is 7.85. The van der Waals surface area contributed by atoms with Crippen molar-refractivity contribution in [1.29, 1.82) is 0 Å². The summed E-state index contributed by atoms with van der Waals surface area (Å²) < 4.78 is 5.25. The van der Waals surface area contributed by atoms with Crippen molar-refractivity contribution >= 4 is 23.9 Å². The molecular weight excluding hydrogens is 448 g/mol. The molecule has 35 heavy (non-hydrogen) atoms. The fraction of sp³-hybridized carbons (Fsp3) is 0.654. The van der Waals surface area contributed by atoms with E-state index in [9.17, 15) is 19.6 Å². The lowest BCUT2D eigenvalue weighted by molar-refractivity contribution is -0.155. The molecule has 0 spiro atoms. The van der Waals surface area contributed by atoms with Crippen LogP contribution in [0.5, 0.6) is 5.75 Å². The monoisotopic (exact) mass is 490 g/mol. The highest BCUT2D eigenvalue weighted by Crippen LogP contribution is 2.26. The summed E-state index contributed by atoms with van der Waals surface area (Å²) in [6.07, 6.45) is 2.48. The smallest absolute Gasteiger partial charge is 0.245 e. The van der Waals surface area contributed by atoms with Gasteiger partial charge in [-0.2, -0.15) is 0 Å². The molecule has 1 aromatic rings. The van der Waals surface area contributed by atoms with Crippen molar-refractivity contribution in [2.75, 3.05) is 38.2 Å². The number of unbranched alkanes of at least 4 members (excludes halogenated alkanes) is 1. The highest BCUT2D eigenvalue weighted by atomic mass is 16.5. The first-order valence-electron chi connectivity index (χ1n) is 12.4. The number of carbonyl (C=O) groups is 3. The number of ether oxygens (including phenoxy) is 1. The van der Waals surface area contributed by atoms with Gasteiger partial charge in [0.2, 0.25) is 18.2 Å². The Hall–Kier alpha value is -2.81. The van der Waals surface area contributed by atoms with Crippen molar-refractivity contribution in [3.63, 3.8) is 0 Å². The molecule has 0 radical (unpaired) electrons. The molecule has 2 N–H and O–H groups in total. The third-order valence-corrected chi connectivity index (χ3v) is 6.55. The fourth-order valence-electron chi connectivity index (χ4n) is 4.43. The zero-order chi connectivity index (χ0) is 26.2. The Morgan fingerprint density at radius 1 is 1.26 bits per heavy atom. The summed E-state index contributed by atoms with van der Waals surface area (Å²) in [4.78, 5) is 41.8. The van der Waals surface area contributed by atoms with Crippen molar-refractivity contribution in [2.45, 2.75) is 66.0 Å². The molecule has 0 bridgehead atoms. The molecule has 1 heterocycles. The van der Waals surface area contributed by atoms with Gasteiger partial charge in [0, 0.05) is 31.4 Å². The number of methoxy groups -OCH3 is 1. The second-order valence-electron chi connectivity index (χ2n) is 10.4. The topological polar surface area (TPSA) is 102 Å². The number of benzene rings is 1. The van der Waals surface area contributed by atoms with Crippen LogP contribution < -0.4 is 15.0 Å². The first kappa shape index (κ1) is 28.4. The van der Waals surface area contributed by atoms with Crippen LogP contribution in [0.2, 0.25) is 0 Å². The van der Waals surface area contributed by atoms with E-state index in [0.29, 0.717) is 37.5 Å². The number of piperazine rings is 1. The molecule has 1 aromatic carbocycles. The van der Waals surface area contributed by atoms with Gasteiger partial charge in [0.05, 0.1) is 19.6 Å². The van der Waals surface area contributed by atoms with Crippen molar-refractivity contribution in [3.05, 3.63) is 24.3 Å². The largest absolute Gasteiger partial charge is 0.497 e. The molecule has 2 unspecified atom stereocenters. The highest BCUT2D eigenvalue weighted by molar-refractivity contribution is 5.89. The van der Waals surface area contributed by atoms with Crippen molar-refractivity contribution in [2.24, 2.45) is 11.3 Å². The molecule has 0 aliphatic carbocycles. The summed E-state index contributed by atoms with van der Waals surface area (Å²) in [5.41, 5.74) is 0.565. The van der Waals surface area contributed by atoms with Gasteiger partial charge in [-0.1, -0.05) is 40.5 Å². The fourth-order valence-corrected chi connectivity index (χ4v) is 4.43. The highest BCUT2D eigenvalue weighted by Gasteiger charge is 2.39. The van der Waals surface area contributed by atoms with Crippen LogP contribution in [-0.4, -0.2) is 78.8 Å². The van der Waals surface area contributed by atoms with Gasteiger partial charge in [-0.25, -0.2) is 5.06 Å². The van der Waals surface area contributed by atoms with E-state index < -0.39 is 17.4 Å². The van der Waals surface area contributed by atoms with E-state index in [2.05, 4.69) is 17.1 Å². The summed E-state index contributed by atoms with van der Waals surface area (Å²) in [6.45, 7) is 11.6. The Morgan fingerprint density at radius 2 is 1.91 bits per heavy atom. The third-order valence-electron chi connectivity index (χ3n) is 6.55. The van der Waals surface area contributed by atoms with E-state index in [0.717, 1.165) is 24.3 Å². The van der Waals surface area contributed by atoms with Gasteiger partial charge in [-0.05, 0) is 43.0 Å². The molecule has 9 nitrogen and oxygen atoms in total. The van der Waals surface area contributed by atoms with E-state index in [1.54, 1.807) is 7.11 Å². The Labute approximate surface area is 209 Å². The van der Waals surface area contributed by atoms with Crippen LogP contribution in [0.15, 0.2) is 24.3 Å². The molecule has 0 saturated carbocycles. The van der Waals surface area contributed by atoms with Gasteiger partial charge in [0.25, 0.3) is 0 Å². The Kier molecular flexibility index (Phi) is 10.4. The van der Waals surface area contributed by atoms with E-state index in [1.807, 2.05) is 56.9 Å². The molecule has 0 aromatic heterocycles. The molecule has 1 saturated heterocycles. The number of nitrogens with zero attached hydrogens (tertiary/aromatic N) is 3. The van der Waals surface area contributed by atoms with Crippen molar-refractivity contribution in [3.8, 4) is 5.75 Å². The van der Waals surface area contributed by atoms with Crippen molar-refractivity contribution < 1.29 is 24.3 Å². The standard InChI is InChI=1S/C26H42N4O5/c1-7-8-9-20(17-29(34)18-31)24(32)27-23(26(3,4)5)25(33)28-14-15-30(19(2)16-28)21-10-12-22(35-6)13-11-21/h10-13,18-20,23,34H,7-9,14-17H2,1-6H3,(H,27,32)/t19?,20?,23-/m1/s1. The maximum absolute atomic E-state index is 13.6. The lowest BCUT2D eigenvalue weighted by Crippen LogP contribution is -2.61. The Bertz CT molecular complexity index is 839. The zero-order valence-corrected chi connectivity index (χ0v) is 22.0. The van der Waals surface area contributed by atoms with E-state index in [1.165, 1.54) is 0 Å². The minimum Gasteiger partial charge on any atom is -0.497 e. The molecule has 3 amide bonds. The lowest BCUT2D eigenvalue weighted by Gasteiger charge is -2.44. The van der Waals surface area contributed by atoms with Crippen LogP contribution in [0.25, 0.3) is 0 Å². The Morgan fingerprint density at radius 3 is 2.43 bits per heavy atom. The number of hydroxylamine groups is 2. The molecule has 196 valence electrons. The number of anilines is 1. The van der Waals surface area contributed by atoms with Crippen LogP contribution in [0, 0.1) is 11.3 Å². The predicted octanol–water partition coefficient (Wildman–Crippen LogP) is 2.92. The van der Waals surface area contributed by atoms with Crippen LogP contribution in [0.1, 0.15) is 53.9 Å². The van der Waals surface area contributed by atoms with Crippen LogP contribution in [-0.2, 0) is 14.4 Å². The maximum Gasteiger partial charge on any atom is 0.245 e. The quantitative estimate of drug-likeness (QED) is 0.281. The van der Waals surface area contributed by atoms with Gasteiger partial charge in [-0.3, -0.25) is 19.6 Å². The summed E-state index contributed by atoms with van der Waals surface area (Å²) >= 11 is 0. The normalized spacial score (nSPS) is 18.0. The first-order chi connectivity index (χ1) is 16.5. The van der Waals surface area contributed by atoms with Gasteiger partial charge in [-0.15, -0.1) is 0 Å². The van der Waals surface area contributed by atoms with E-state index in [4.69, 9.17) is 4.74 Å². The minimum absolute atomic E-state index is 0.0992. The zero-order valence-electron chi connectivity index (χ0n) is 22.0. The molecule has 1 aliphatic heterocycles. The average Bonchev–Trinajstić information content (AvgIpc) is 2.83. The number of nitrogens with one attached hydrogen (secondary N) is 1. The second-order valence-corrected chi connectivity index (χ2v) is 10.4. The molecule has 2 rings (SSSR count). The molecule has 1 fully saturated rings. The lowest BCUT2D eigenvalue weighted by atomic mass is 9.85. The molecule has 3 atom stereocenters. The Balaban J connectivity index is 2.11. The SMILES string of the molecule is CCCCC(CN(O)C=O)C(=O)N[C@H](C(=O)N1CCN(c2ccc(OC)cc2)C(C)C1)C(C)(C)C. The van der Waals surface area contributed by atoms with Gasteiger partial charge in [0.1, 0.15) is 11.8 Å². The number of rotatable bonds is 11. The average molecular weight is 491 g/mol. The number of hydrogen-bond acceptors (Lipinski definition) is 6. The van der Waals surface area contributed by atoms with Gasteiger partial charge < -0.3 is 19.9 Å². The first-order valence-corrected chi connectivity index (χ1v) is 12.4. The summed E-state index contributed by atoms with van der Waals surface area (Å²) in [5.74, 6) is -0.225. The van der Waals surface area contributed by atoms with Crippen LogP contribution in [0.3, 0.4) is 0 Å². The second kappa shape index (κ2) is 12.8. The van der Waals surface area contributed by atoms with Crippen LogP contribution in [0.4, 0.5) is 5.69 Å². The molecule has 9 heteroatoms. The predicted molar refractivity (Wildman–Crippen MR) is 135 cm³/mol. The number of hydrogen-bond donors (Lipinski definition) is 2. The van der Waals surface area contributed by atoms with E-state index in [-0.39, 0.29) is 24.4 Å². The maximum atomic E-state index is 13.6.